The minimum Gasteiger partial charge on any atom is -0.439 e. The Kier molecular flexibility index (Phi) is 5.46. The van der Waals surface area contributed by atoms with Crippen molar-refractivity contribution in [3.8, 4) is 11.1 Å². The van der Waals surface area contributed by atoms with E-state index in [1.807, 2.05) is 0 Å². The van der Waals surface area contributed by atoms with Crippen molar-refractivity contribution in [2.45, 2.75) is 19.3 Å². The van der Waals surface area contributed by atoms with E-state index in [-0.39, 0.29) is 17.2 Å². The third kappa shape index (κ3) is 3.96. The molecule has 6 heteroatoms. The Hall–Kier alpha value is -2.63. The standard InChI is InChI=1S/C22H21ClN2O3/c23-16-10-8-15(9-11-16)20-21(27)17-6-2-3-7-18(17)28-22(20)24-19(26)14-25-12-4-1-5-13-25/h2-3,6-11H,1,4-5,12-14H2,(H,24,26)/p+1. The number of fused-ring (bicyclic) bond motifs is 1. The van der Waals surface area contributed by atoms with Crippen LogP contribution in [0.5, 0.6) is 0 Å². The summed E-state index contributed by atoms with van der Waals surface area (Å²) >= 11 is 5.99. The molecular weight excluding hydrogens is 376 g/mol. The molecule has 0 radical (unpaired) electrons. The van der Waals surface area contributed by atoms with Gasteiger partial charge in [-0.05, 0) is 49.1 Å². The maximum atomic E-state index is 13.2. The van der Waals surface area contributed by atoms with Crippen LogP contribution in [0.25, 0.3) is 22.1 Å². The predicted octanol–water partition coefficient (Wildman–Crippen LogP) is 3.12. The van der Waals surface area contributed by atoms with E-state index in [0.717, 1.165) is 25.9 Å². The van der Waals surface area contributed by atoms with Crippen molar-refractivity contribution >= 4 is 34.4 Å². The van der Waals surface area contributed by atoms with Gasteiger partial charge in [0, 0.05) is 5.02 Å². The molecule has 1 aliphatic heterocycles. The zero-order valence-electron chi connectivity index (χ0n) is 15.5. The molecule has 1 saturated heterocycles. The summed E-state index contributed by atoms with van der Waals surface area (Å²) < 4.78 is 5.94. The average Bonchev–Trinajstić information content (AvgIpc) is 2.70. The summed E-state index contributed by atoms with van der Waals surface area (Å²) in [5.41, 5.74) is 1.28. The van der Waals surface area contributed by atoms with Crippen molar-refractivity contribution in [2.24, 2.45) is 0 Å². The Morgan fingerprint density at radius 1 is 1.04 bits per heavy atom. The van der Waals surface area contributed by atoms with Crippen LogP contribution < -0.4 is 15.6 Å². The summed E-state index contributed by atoms with van der Waals surface area (Å²) in [5.74, 6) is 0.0398. The van der Waals surface area contributed by atoms with Crippen LogP contribution >= 0.6 is 11.6 Å². The molecule has 1 aromatic heterocycles. The number of nitrogens with one attached hydrogen (secondary N) is 2. The molecule has 0 bridgehead atoms. The second-order valence-corrected chi connectivity index (χ2v) is 7.61. The zero-order valence-corrected chi connectivity index (χ0v) is 16.2. The Bertz CT molecular complexity index is 1050. The Morgan fingerprint density at radius 2 is 1.75 bits per heavy atom. The van der Waals surface area contributed by atoms with E-state index in [1.54, 1.807) is 48.5 Å². The lowest BCUT2D eigenvalue weighted by Crippen LogP contribution is -3.13. The number of piperidine rings is 1. The van der Waals surface area contributed by atoms with Gasteiger partial charge in [0.15, 0.2) is 6.54 Å². The highest BCUT2D eigenvalue weighted by atomic mass is 35.5. The molecule has 1 fully saturated rings. The Labute approximate surface area is 167 Å². The molecule has 144 valence electrons. The van der Waals surface area contributed by atoms with E-state index in [0.29, 0.717) is 33.7 Å². The van der Waals surface area contributed by atoms with E-state index in [9.17, 15) is 9.59 Å². The van der Waals surface area contributed by atoms with Crippen LogP contribution in [-0.2, 0) is 4.79 Å². The minimum atomic E-state index is -0.176. The number of carbonyl (C=O) groups excluding carboxylic acids is 1. The molecule has 4 rings (SSSR count). The molecule has 0 unspecified atom stereocenters. The largest absolute Gasteiger partial charge is 0.439 e. The second-order valence-electron chi connectivity index (χ2n) is 7.17. The molecule has 1 amide bonds. The smallest absolute Gasteiger partial charge is 0.281 e. The molecule has 2 N–H and O–H groups in total. The number of rotatable bonds is 4. The second kappa shape index (κ2) is 8.17. The van der Waals surface area contributed by atoms with Gasteiger partial charge in [-0.3, -0.25) is 14.9 Å². The van der Waals surface area contributed by atoms with Crippen molar-refractivity contribution in [1.82, 2.24) is 0 Å². The lowest BCUT2D eigenvalue weighted by Gasteiger charge is -2.22. The Morgan fingerprint density at radius 3 is 2.50 bits per heavy atom. The first-order valence-corrected chi connectivity index (χ1v) is 9.95. The molecule has 5 nitrogen and oxygen atoms in total. The van der Waals surface area contributed by atoms with Gasteiger partial charge >= 0.3 is 0 Å². The summed E-state index contributed by atoms with van der Waals surface area (Å²) in [6.07, 6.45) is 3.51. The minimum absolute atomic E-state index is 0.148. The summed E-state index contributed by atoms with van der Waals surface area (Å²) in [5, 5.41) is 3.90. The van der Waals surface area contributed by atoms with Crippen LogP contribution in [0.1, 0.15) is 19.3 Å². The van der Waals surface area contributed by atoms with Gasteiger partial charge in [-0.1, -0.05) is 35.9 Å². The lowest BCUT2D eigenvalue weighted by molar-refractivity contribution is -0.896. The average molecular weight is 398 g/mol. The van der Waals surface area contributed by atoms with E-state index < -0.39 is 0 Å². The maximum absolute atomic E-state index is 13.2. The van der Waals surface area contributed by atoms with Crippen LogP contribution in [0.3, 0.4) is 0 Å². The number of anilines is 1. The first kappa shape index (κ1) is 18.7. The first-order valence-electron chi connectivity index (χ1n) is 9.57. The molecule has 2 aromatic carbocycles. The predicted molar refractivity (Wildman–Crippen MR) is 111 cm³/mol. The normalized spacial score (nSPS) is 14.9. The van der Waals surface area contributed by atoms with Crippen molar-refractivity contribution in [3.63, 3.8) is 0 Å². The highest BCUT2D eigenvalue weighted by Crippen LogP contribution is 2.29. The van der Waals surface area contributed by atoms with Crippen LogP contribution in [0.4, 0.5) is 5.88 Å². The summed E-state index contributed by atoms with van der Waals surface area (Å²) in [4.78, 5) is 27.1. The summed E-state index contributed by atoms with van der Waals surface area (Å²) in [6.45, 7) is 2.37. The van der Waals surface area contributed by atoms with Gasteiger partial charge in [0.2, 0.25) is 11.3 Å². The van der Waals surface area contributed by atoms with Gasteiger partial charge in [0.1, 0.15) is 5.58 Å². The van der Waals surface area contributed by atoms with Crippen LogP contribution in [-0.4, -0.2) is 25.5 Å². The number of halogens is 1. The zero-order chi connectivity index (χ0) is 19.5. The number of amides is 1. The number of benzene rings is 2. The van der Waals surface area contributed by atoms with Gasteiger partial charge in [-0.2, -0.15) is 0 Å². The molecule has 0 spiro atoms. The molecule has 3 aromatic rings. The van der Waals surface area contributed by atoms with Crippen LogP contribution in [0.2, 0.25) is 5.02 Å². The summed E-state index contributed by atoms with van der Waals surface area (Å²) in [7, 11) is 0. The molecule has 1 aliphatic rings. The van der Waals surface area contributed by atoms with Gasteiger partial charge in [-0.25, -0.2) is 0 Å². The lowest BCUT2D eigenvalue weighted by atomic mass is 10.0. The SMILES string of the molecule is O=C(C[NH+]1CCCCC1)Nc1oc2ccccc2c(=O)c1-c1ccc(Cl)cc1. The highest BCUT2D eigenvalue weighted by Gasteiger charge is 2.21. The third-order valence-corrected chi connectivity index (χ3v) is 5.41. The molecule has 0 atom stereocenters. The van der Waals surface area contributed by atoms with Crippen molar-refractivity contribution in [1.29, 1.82) is 0 Å². The van der Waals surface area contributed by atoms with Crippen LogP contribution in [0.15, 0.2) is 57.7 Å². The number of carbonyl (C=O) groups is 1. The maximum Gasteiger partial charge on any atom is 0.281 e. The quantitative estimate of drug-likeness (QED) is 0.711. The monoisotopic (exact) mass is 397 g/mol. The van der Waals surface area contributed by atoms with E-state index >= 15 is 0 Å². The topological polar surface area (TPSA) is 63.8 Å². The number of hydrogen-bond donors (Lipinski definition) is 2. The molecular formula is C22H22ClN2O3+. The fourth-order valence-corrected chi connectivity index (χ4v) is 3.86. The van der Waals surface area contributed by atoms with Gasteiger partial charge < -0.3 is 9.32 Å². The summed E-state index contributed by atoms with van der Waals surface area (Å²) in [6, 6.07) is 14.0. The van der Waals surface area contributed by atoms with E-state index in [4.69, 9.17) is 16.0 Å². The van der Waals surface area contributed by atoms with E-state index in [2.05, 4.69) is 5.32 Å². The van der Waals surface area contributed by atoms with Crippen LogP contribution in [0, 0.1) is 0 Å². The third-order valence-electron chi connectivity index (χ3n) is 5.15. The fraction of sp³-hybridized carbons (Fsp3) is 0.273. The van der Waals surface area contributed by atoms with Gasteiger partial charge in [0.25, 0.3) is 5.91 Å². The molecule has 0 aliphatic carbocycles. The number of hydrogen-bond acceptors (Lipinski definition) is 3. The van der Waals surface area contributed by atoms with Gasteiger partial charge in [-0.15, -0.1) is 0 Å². The van der Waals surface area contributed by atoms with Crippen molar-refractivity contribution < 1.29 is 14.1 Å². The van der Waals surface area contributed by atoms with Gasteiger partial charge in [0.05, 0.1) is 24.0 Å². The highest BCUT2D eigenvalue weighted by molar-refractivity contribution is 6.30. The molecule has 2 heterocycles. The first-order chi connectivity index (χ1) is 13.6. The van der Waals surface area contributed by atoms with Crippen molar-refractivity contribution in [3.05, 3.63) is 63.8 Å². The molecule has 28 heavy (non-hydrogen) atoms. The Balaban J connectivity index is 1.73. The number of quaternary nitrogens is 1. The van der Waals surface area contributed by atoms with E-state index in [1.165, 1.54) is 11.3 Å². The number of para-hydroxylation sites is 1. The fourth-order valence-electron chi connectivity index (χ4n) is 3.74. The molecule has 0 saturated carbocycles. The van der Waals surface area contributed by atoms with Crippen molar-refractivity contribution in [2.75, 3.05) is 25.0 Å². The number of likely N-dealkylation sites (tertiary alicyclic amines) is 1.